The first-order valence-corrected chi connectivity index (χ1v) is 11.9. The first-order valence-electron chi connectivity index (χ1n) is 11.1. The minimum atomic E-state index is -0.756. The van der Waals surface area contributed by atoms with E-state index in [4.69, 9.17) is 9.47 Å². The number of rotatable bonds is 5. The van der Waals surface area contributed by atoms with Crippen LogP contribution in [-0.4, -0.2) is 22.8 Å². The molecule has 1 aromatic heterocycles. The van der Waals surface area contributed by atoms with Gasteiger partial charge in [-0.25, -0.2) is 4.98 Å². The molecule has 2 aliphatic rings. The molecule has 1 aliphatic heterocycles. The van der Waals surface area contributed by atoms with Crippen LogP contribution in [0, 0.1) is 0 Å². The molecule has 1 amide bonds. The van der Waals surface area contributed by atoms with Crippen LogP contribution in [0.1, 0.15) is 62.6 Å². The average molecular weight is 455 g/mol. The number of carbonyl (C=O) groups excluding carboxylic acids is 1. The highest BCUT2D eigenvalue weighted by atomic mass is 32.1. The van der Waals surface area contributed by atoms with Gasteiger partial charge in [-0.1, -0.05) is 75.4 Å². The largest absolute Gasteiger partial charge is 0.454 e. The summed E-state index contributed by atoms with van der Waals surface area (Å²) in [7, 11) is 0. The van der Waals surface area contributed by atoms with E-state index in [1.807, 2.05) is 76.2 Å². The molecule has 5 rings (SSSR count). The van der Waals surface area contributed by atoms with E-state index >= 15 is 0 Å². The van der Waals surface area contributed by atoms with Crippen LogP contribution < -0.4 is 14.8 Å². The van der Waals surface area contributed by atoms with Crippen molar-refractivity contribution in [1.82, 2.24) is 4.98 Å². The first kappa shape index (κ1) is 23.8. The second-order valence-corrected chi connectivity index (χ2v) is 8.05. The third-order valence-corrected chi connectivity index (χ3v) is 6.20. The molecule has 0 saturated heterocycles. The fourth-order valence-corrected chi connectivity index (χ4v) is 4.28. The zero-order valence-electron chi connectivity index (χ0n) is 18.9. The Morgan fingerprint density at radius 2 is 1.75 bits per heavy atom. The summed E-state index contributed by atoms with van der Waals surface area (Å²) >= 11 is 1.29. The lowest BCUT2D eigenvalue weighted by Gasteiger charge is -2.15. The summed E-state index contributed by atoms with van der Waals surface area (Å²) < 4.78 is 10.8. The second-order valence-electron chi connectivity index (χ2n) is 6.99. The van der Waals surface area contributed by atoms with Crippen molar-refractivity contribution in [3.63, 3.8) is 0 Å². The number of hydrogen-bond donors (Lipinski definition) is 2. The van der Waals surface area contributed by atoms with E-state index in [1.165, 1.54) is 11.3 Å². The van der Waals surface area contributed by atoms with Crippen molar-refractivity contribution in [3.8, 4) is 11.5 Å². The predicted octanol–water partition coefficient (Wildman–Crippen LogP) is 5.68. The lowest BCUT2D eigenvalue weighted by molar-refractivity contribution is -0.118. The fraction of sp³-hybridized carbons (Fsp3) is 0.360. The number of nitrogens with zero attached hydrogens (tertiary/aromatic N) is 1. The summed E-state index contributed by atoms with van der Waals surface area (Å²) in [5.74, 6) is 1.31. The van der Waals surface area contributed by atoms with Crippen LogP contribution in [0.15, 0.2) is 54.7 Å². The molecule has 2 N–H and O–H groups in total. The van der Waals surface area contributed by atoms with Gasteiger partial charge in [-0.05, 0) is 36.1 Å². The third-order valence-electron chi connectivity index (χ3n) is 5.24. The van der Waals surface area contributed by atoms with Gasteiger partial charge in [-0.2, -0.15) is 0 Å². The van der Waals surface area contributed by atoms with Gasteiger partial charge in [-0.3, -0.25) is 4.79 Å². The van der Waals surface area contributed by atoms with E-state index in [9.17, 15) is 9.90 Å². The van der Waals surface area contributed by atoms with Crippen LogP contribution in [0.5, 0.6) is 11.5 Å². The maximum Gasteiger partial charge on any atom is 0.236 e. The quantitative estimate of drug-likeness (QED) is 0.519. The zero-order chi connectivity index (χ0) is 23.1. The van der Waals surface area contributed by atoms with Crippen molar-refractivity contribution < 1.29 is 19.4 Å². The Bertz CT molecular complexity index is 1030. The molecule has 1 atom stereocenters. The van der Waals surface area contributed by atoms with Crippen molar-refractivity contribution in [2.24, 2.45) is 0 Å². The molecular weight excluding hydrogens is 424 g/mol. The Morgan fingerprint density at radius 1 is 1.06 bits per heavy atom. The number of carbonyl (C=O) groups is 1. The molecule has 170 valence electrons. The number of benzene rings is 2. The smallest absolute Gasteiger partial charge is 0.236 e. The number of aromatic nitrogens is 1. The lowest BCUT2D eigenvalue weighted by atomic mass is 9.94. The highest BCUT2D eigenvalue weighted by Crippen LogP contribution is 2.51. The standard InChI is InChI=1S/C21H18N2O4S.2C2H6/c24-18(13-4-2-1-3-5-13)17-11-22-20(28-17)23-19(25)21(8-9-21)14-6-7-15-16(10-14)27-12-26-15;2*1-2/h1-7,10-11,18,24H,8-9,12H2,(H,22,23,25);2*1-2H3. The summed E-state index contributed by atoms with van der Waals surface area (Å²) in [5.41, 5.74) is 1.17. The van der Waals surface area contributed by atoms with Gasteiger partial charge in [0.2, 0.25) is 12.7 Å². The highest BCUT2D eigenvalue weighted by Gasteiger charge is 2.52. The first-order chi connectivity index (χ1) is 15.7. The highest BCUT2D eigenvalue weighted by molar-refractivity contribution is 7.15. The molecule has 2 aromatic carbocycles. The molecule has 2 heterocycles. The number of anilines is 1. The molecule has 0 bridgehead atoms. The van der Waals surface area contributed by atoms with Crippen LogP contribution in [0.4, 0.5) is 5.13 Å². The molecular formula is C25H30N2O4S. The molecule has 0 radical (unpaired) electrons. The fourth-order valence-electron chi connectivity index (χ4n) is 3.45. The van der Waals surface area contributed by atoms with Gasteiger partial charge in [0.05, 0.1) is 10.3 Å². The molecule has 1 saturated carbocycles. The summed E-state index contributed by atoms with van der Waals surface area (Å²) in [5, 5.41) is 13.9. The van der Waals surface area contributed by atoms with Gasteiger partial charge in [-0.15, -0.1) is 0 Å². The number of ether oxygens (including phenoxy) is 2. The third kappa shape index (κ3) is 4.79. The normalized spacial score (nSPS) is 15.4. The van der Waals surface area contributed by atoms with E-state index in [0.717, 1.165) is 24.0 Å². The van der Waals surface area contributed by atoms with Crippen LogP contribution in [0.3, 0.4) is 0 Å². The summed E-state index contributed by atoms with van der Waals surface area (Å²) in [4.78, 5) is 17.9. The maximum atomic E-state index is 13.0. The molecule has 1 aliphatic carbocycles. The van der Waals surface area contributed by atoms with E-state index in [0.29, 0.717) is 21.5 Å². The molecule has 6 nitrogen and oxygen atoms in total. The van der Waals surface area contributed by atoms with E-state index in [-0.39, 0.29) is 12.7 Å². The molecule has 1 fully saturated rings. The summed E-state index contributed by atoms with van der Waals surface area (Å²) in [6, 6.07) is 15.0. The molecule has 1 unspecified atom stereocenters. The van der Waals surface area contributed by atoms with Gasteiger partial charge in [0, 0.05) is 6.20 Å². The SMILES string of the molecule is CC.CC.O=C(Nc1ncc(C(O)c2ccccc2)s1)C1(c2ccc3c(c2)OCO3)CC1. The number of aliphatic hydroxyl groups excluding tert-OH is 1. The summed E-state index contributed by atoms with van der Waals surface area (Å²) in [6.07, 6.45) is 2.42. The van der Waals surface area contributed by atoms with Crippen molar-refractivity contribution >= 4 is 22.4 Å². The van der Waals surface area contributed by atoms with E-state index in [2.05, 4.69) is 10.3 Å². The topological polar surface area (TPSA) is 80.7 Å². The molecule has 7 heteroatoms. The Labute approximate surface area is 193 Å². The Hall–Kier alpha value is -2.90. The van der Waals surface area contributed by atoms with E-state index in [1.54, 1.807) is 6.20 Å². The van der Waals surface area contributed by atoms with Crippen LogP contribution >= 0.6 is 11.3 Å². The number of hydrogen-bond acceptors (Lipinski definition) is 6. The monoisotopic (exact) mass is 454 g/mol. The number of fused-ring (bicyclic) bond motifs is 1. The Morgan fingerprint density at radius 3 is 2.44 bits per heavy atom. The number of amides is 1. The average Bonchev–Trinajstić information content (AvgIpc) is 3.31. The van der Waals surface area contributed by atoms with Gasteiger partial charge in [0.15, 0.2) is 16.6 Å². The van der Waals surface area contributed by atoms with Crippen LogP contribution in [0.25, 0.3) is 0 Å². The van der Waals surface area contributed by atoms with E-state index < -0.39 is 11.5 Å². The molecule has 3 aromatic rings. The molecule has 0 spiro atoms. The van der Waals surface area contributed by atoms with Crippen molar-refractivity contribution in [2.75, 3.05) is 12.1 Å². The maximum absolute atomic E-state index is 13.0. The zero-order valence-corrected chi connectivity index (χ0v) is 19.7. The van der Waals surface area contributed by atoms with Gasteiger partial charge in [0.1, 0.15) is 6.10 Å². The minimum absolute atomic E-state index is 0.0820. The van der Waals surface area contributed by atoms with Crippen LogP contribution in [-0.2, 0) is 10.2 Å². The second kappa shape index (κ2) is 10.6. The van der Waals surface area contributed by atoms with Crippen molar-refractivity contribution in [3.05, 3.63) is 70.7 Å². The van der Waals surface area contributed by atoms with Gasteiger partial charge < -0.3 is 19.9 Å². The van der Waals surface area contributed by atoms with Gasteiger partial charge >= 0.3 is 0 Å². The van der Waals surface area contributed by atoms with Crippen molar-refractivity contribution in [1.29, 1.82) is 0 Å². The van der Waals surface area contributed by atoms with Crippen LogP contribution in [0.2, 0.25) is 0 Å². The molecule has 32 heavy (non-hydrogen) atoms. The Balaban J connectivity index is 0.000000686. The minimum Gasteiger partial charge on any atom is -0.454 e. The number of thiazole rings is 1. The van der Waals surface area contributed by atoms with Gasteiger partial charge in [0.25, 0.3) is 0 Å². The van der Waals surface area contributed by atoms with Crippen molar-refractivity contribution in [2.45, 2.75) is 52.1 Å². The lowest BCUT2D eigenvalue weighted by Crippen LogP contribution is -2.27. The Kier molecular flexibility index (Phi) is 7.88. The number of aliphatic hydroxyl groups is 1. The summed E-state index contributed by atoms with van der Waals surface area (Å²) in [6.45, 7) is 8.21. The number of nitrogens with one attached hydrogen (secondary N) is 1. The predicted molar refractivity (Wildman–Crippen MR) is 127 cm³/mol.